The SMILES string of the molecule is CC(CN=C(N)NC(C)c1ccc(Cl)cc1Cl)c1nc(-c2ccccc2)no1.I. The van der Waals surface area contributed by atoms with E-state index in [2.05, 4.69) is 20.4 Å². The van der Waals surface area contributed by atoms with Crippen LogP contribution in [0, 0.1) is 0 Å². The van der Waals surface area contributed by atoms with E-state index in [4.69, 9.17) is 33.5 Å². The van der Waals surface area contributed by atoms with Crippen LogP contribution >= 0.6 is 47.2 Å². The van der Waals surface area contributed by atoms with Gasteiger partial charge in [0, 0.05) is 15.6 Å². The van der Waals surface area contributed by atoms with E-state index in [1.54, 1.807) is 12.1 Å². The maximum atomic E-state index is 6.24. The van der Waals surface area contributed by atoms with Gasteiger partial charge >= 0.3 is 0 Å². The Hall–Kier alpha value is -1.84. The molecule has 3 aromatic rings. The van der Waals surface area contributed by atoms with Crippen molar-refractivity contribution in [2.45, 2.75) is 25.8 Å². The molecule has 0 aliphatic rings. The first kappa shape index (κ1) is 23.4. The van der Waals surface area contributed by atoms with E-state index in [1.807, 2.05) is 50.2 Å². The number of benzene rings is 2. The Kier molecular flexibility index (Phi) is 8.73. The Labute approximate surface area is 196 Å². The van der Waals surface area contributed by atoms with Gasteiger partial charge in [0.2, 0.25) is 11.7 Å². The summed E-state index contributed by atoms with van der Waals surface area (Å²) in [6.45, 7) is 4.32. The van der Waals surface area contributed by atoms with Crippen LogP contribution in [0.3, 0.4) is 0 Å². The molecule has 1 aromatic heterocycles. The van der Waals surface area contributed by atoms with E-state index >= 15 is 0 Å². The zero-order valence-corrected chi connectivity index (χ0v) is 19.8. The van der Waals surface area contributed by atoms with Crippen molar-refractivity contribution < 1.29 is 4.52 Å². The van der Waals surface area contributed by atoms with Crippen LogP contribution in [0.25, 0.3) is 11.4 Å². The summed E-state index contributed by atoms with van der Waals surface area (Å²) in [5.41, 5.74) is 7.81. The average Bonchev–Trinajstić information content (AvgIpc) is 3.17. The van der Waals surface area contributed by atoms with E-state index in [1.165, 1.54) is 0 Å². The van der Waals surface area contributed by atoms with Crippen molar-refractivity contribution in [3.63, 3.8) is 0 Å². The fourth-order valence-electron chi connectivity index (χ4n) is 2.65. The maximum Gasteiger partial charge on any atom is 0.231 e. The lowest BCUT2D eigenvalue weighted by Gasteiger charge is -2.16. The molecule has 154 valence electrons. The number of hydrogen-bond acceptors (Lipinski definition) is 4. The fourth-order valence-corrected chi connectivity index (χ4v) is 3.22. The average molecular weight is 546 g/mol. The molecule has 6 nitrogen and oxygen atoms in total. The van der Waals surface area contributed by atoms with Crippen molar-refractivity contribution in [1.29, 1.82) is 0 Å². The first-order valence-corrected chi connectivity index (χ1v) is 9.60. The molecule has 3 rings (SSSR count). The van der Waals surface area contributed by atoms with Crippen LogP contribution in [0.1, 0.15) is 37.3 Å². The lowest BCUT2D eigenvalue weighted by molar-refractivity contribution is 0.361. The summed E-state index contributed by atoms with van der Waals surface area (Å²) in [7, 11) is 0. The van der Waals surface area contributed by atoms with Gasteiger partial charge in [-0.15, -0.1) is 24.0 Å². The molecule has 0 bridgehead atoms. The zero-order chi connectivity index (χ0) is 20.1. The van der Waals surface area contributed by atoms with Gasteiger partial charge in [0.15, 0.2) is 5.96 Å². The zero-order valence-electron chi connectivity index (χ0n) is 16.0. The number of aromatic nitrogens is 2. The van der Waals surface area contributed by atoms with Crippen molar-refractivity contribution in [3.8, 4) is 11.4 Å². The molecule has 9 heteroatoms. The van der Waals surface area contributed by atoms with Crippen LogP contribution in [-0.4, -0.2) is 22.6 Å². The third-order valence-corrected chi connectivity index (χ3v) is 4.79. The van der Waals surface area contributed by atoms with Gasteiger partial charge < -0.3 is 15.6 Å². The Morgan fingerprint density at radius 1 is 1.17 bits per heavy atom. The first-order chi connectivity index (χ1) is 13.4. The van der Waals surface area contributed by atoms with E-state index < -0.39 is 0 Å². The fraction of sp³-hybridized carbons (Fsp3) is 0.250. The lowest BCUT2D eigenvalue weighted by atomic mass is 10.1. The van der Waals surface area contributed by atoms with Gasteiger partial charge in [0.1, 0.15) is 0 Å². The van der Waals surface area contributed by atoms with Crippen LogP contribution in [0.4, 0.5) is 0 Å². The Balaban J connectivity index is 0.00000300. The van der Waals surface area contributed by atoms with E-state index in [0.29, 0.717) is 34.3 Å². The highest BCUT2D eigenvalue weighted by atomic mass is 127. The molecular formula is C20H22Cl2IN5O. The van der Waals surface area contributed by atoms with Crippen LogP contribution in [0.5, 0.6) is 0 Å². The summed E-state index contributed by atoms with van der Waals surface area (Å²) in [4.78, 5) is 8.83. The van der Waals surface area contributed by atoms with Gasteiger partial charge in [-0.3, -0.25) is 4.99 Å². The molecule has 0 amide bonds. The number of guanidine groups is 1. The van der Waals surface area contributed by atoms with Crippen molar-refractivity contribution in [2.24, 2.45) is 10.7 Å². The molecule has 1 heterocycles. The second kappa shape index (κ2) is 10.8. The quantitative estimate of drug-likeness (QED) is 0.245. The highest BCUT2D eigenvalue weighted by molar-refractivity contribution is 14.0. The normalized spacial score (nSPS) is 13.4. The second-order valence-corrected chi connectivity index (χ2v) is 7.32. The Morgan fingerprint density at radius 3 is 2.59 bits per heavy atom. The van der Waals surface area contributed by atoms with Crippen molar-refractivity contribution >= 4 is 53.1 Å². The lowest BCUT2D eigenvalue weighted by Crippen LogP contribution is -2.34. The molecule has 0 aliphatic heterocycles. The monoisotopic (exact) mass is 545 g/mol. The van der Waals surface area contributed by atoms with Crippen LogP contribution in [0.2, 0.25) is 10.0 Å². The van der Waals surface area contributed by atoms with Gasteiger partial charge in [-0.05, 0) is 24.6 Å². The highest BCUT2D eigenvalue weighted by Gasteiger charge is 2.16. The number of nitrogens with one attached hydrogen (secondary N) is 1. The molecule has 0 fully saturated rings. The van der Waals surface area contributed by atoms with Crippen LogP contribution in [-0.2, 0) is 0 Å². The molecule has 0 radical (unpaired) electrons. The van der Waals surface area contributed by atoms with Crippen LogP contribution in [0.15, 0.2) is 58.0 Å². The Bertz CT molecular complexity index is 965. The summed E-state index contributed by atoms with van der Waals surface area (Å²) >= 11 is 12.2. The minimum absolute atomic E-state index is 0. The first-order valence-electron chi connectivity index (χ1n) is 8.84. The largest absolute Gasteiger partial charge is 0.370 e. The van der Waals surface area contributed by atoms with Crippen molar-refractivity contribution in [3.05, 3.63) is 70.0 Å². The Morgan fingerprint density at radius 2 is 1.90 bits per heavy atom. The standard InChI is InChI=1S/C20H21Cl2N5O.HI/c1-12(19-26-18(27-28-19)14-6-4-3-5-7-14)11-24-20(23)25-13(2)16-9-8-15(21)10-17(16)22;/h3-10,12-13H,11H2,1-2H3,(H3,23,24,25);1H. The maximum absolute atomic E-state index is 6.24. The van der Waals surface area contributed by atoms with Crippen molar-refractivity contribution in [1.82, 2.24) is 15.5 Å². The summed E-state index contributed by atoms with van der Waals surface area (Å²) in [5.74, 6) is 1.32. The molecule has 0 aliphatic carbocycles. The van der Waals surface area contributed by atoms with E-state index in [9.17, 15) is 0 Å². The van der Waals surface area contributed by atoms with Gasteiger partial charge in [0.25, 0.3) is 0 Å². The topological polar surface area (TPSA) is 89.3 Å². The molecule has 2 atom stereocenters. The minimum atomic E-state index is -0.114. The number of nitrogens with zero attached hydrogens (tertiary/aromatic N) is 3. The van der Waals surface area contributed by atoms with Crippen molar-refractivity contribution in [2.75, 3.05) is 6.54 Å². The molecule has 0 saturated heterocycles. The summed E-state index contributed by atoms with van der Waals surface area (Å²) in [5, 5.41) is 8.33. The van der Waals surface area contributed by atoms with E-state index in [0.717, 1.165) is 11.1 Å². The molecule has 0 spiro atoms. The molecule has 0 saturated carbocycles. The molecule has 2 aromatic carbocycles. The minimum Gasteiger partial charge on any atom is -0.370 e. The smallest absolute Gasteiger partial charge is 0.231 e. The number of hydrogen-bond donors (Lipinski definition) is 2. The summed E-state index contributed by atoms with van der Waals surface area (Å²) in [6, 6.07) is 14.9. The predicted octanol–water partition coefficient (Wildman–Crippen LogP) is 5.43. The molecular weight excluding hydrogens is 524 g/mol. The molecule has 29 heavy (non-hydrogen) atoms. The number of rotatable bonds is 6. The summed E-state index contributed by atoms with van der Waals surface area (Å²) in [6.07, 6.45) is 0. The molecule has 2 unspecified atom stereocenters. The molecule has 3 N–H and O–H groups in total. The van der Waals surface area contributed by atoms with E-state index in [-0.39, 0.29) is 35.9 Å². The van der Waals surface area contributed by atoms with Gasteiger partial charge in [-0.25, -0.2) is 0 Å². The predicted molar refractivity (Wildman–Crippen MR) is 128 cm³/mol. The third kappa shape index (κ3) is 6.32. The second-order valence-electron chi connectivity index (χ2n) is 6.48. The third-order valence-electron chi connectivity index (χ3n) is 4.22. The van der Waals surface area contributed by atoms with Gasteiger partial charge in [-0.2, -0.15) is 4.98 Å². The summed E-state index contributed by atoms with van der Waals surface area (Å²) < 4.78 is 5.37. The number of halogens is 3. The van der Waals surface area contributed by atoms with Crippen LogP contribution < -0.4 is 11.1 Å². The number of aliphatic imine (C=N–C) groups is 1. The number of nitrogens with two attached hydrogens (primary N) is 1. The van der Waals surface area contributed by atoms with Gasteiger partial charge in [0.05, 0.1) is 18.5 Å². The van der Waals surface area contributed by atoms with Gasteiger partial charge in [-0.1, -0.05) is 71.7 Å². The highest BCUT2D eigenvalue weighted by Crippen LogP contribution is 2.26.